The van der Waals surface area contributed by atoms with E-state index in [2.05, 4.69) is 17.2 Å². The number of hydrogen-bond acceptors (Lipinski definition) is 6. The molecular formula is C19H20N4O3. The number of nitrogens with one attached hydrogen (secondary N) is 1. The Morgan fingerprint density at radius 2 is 2.23 bits per heavy atom. The first-order valence-corrected chi connectivity index (χ1v) is 8.59. The first-order valence-electron chi connectivity index (χ1n) is 8.59. The van der Waals surface area contributed by atoms with Gasteiger partial charge in [-0.25, -0.2) is 4.99 Å². The molecule has 1 amide bonds. The third-order valence-electron chi connectivity index (χ3n) is 4.64. The van der Waals surface area contributed by atoms with E-state index in [0.29, 0.717) is 34.2 Å². The number of benzene rings is 1. The molecule has 0 radical (unpaired) electrons. The maximum absolute atomic E-state index is 13.0. The molecule has 0 aliphatic carbocycles. The molecule has 0 bridgehead atoms. The lowest BCUT2D eigenvalue weighted by atomic mass is 10.1. The number of hydrogen-bond donors (Lipinski definition) is 1. The number of aryl methyl sites for hydroxylation is 1. The number of carbonyl (C=O) groups excluding carboxylic acids is 1. The molecule has 0 spiro atoms. The van der Waals surface area contributed by atoms with Gasteiger partial charge in [-0.15, -0.1) is 0 Å². The minimum Gasteiger partial charge on any atom is -0.495 e. The molecule has 0 unspecified atom stereocenters. The summed E-state index contributed by atoms with van der Waals surface area (Å²) in [5.74, 6) is 2.03. The second kappa shape index (κ2) is 6.33. The van der Waals surface area contributed by atoms with Gasteiger partial charge in [0.05, 0.1) is 30.0 Å². The van der Waals surface area contributed by atoms with Crippen molar-refractivity contribution >= 4 is 29.7 Å². The van der Waals surface area contributed by atoms with E-state index < -0.39 is 0 Å². The number of aliphatic imine (C=N–C) groups is 2. The van der Waals surface area contributed by atoms with Gasteiger partial charge in [0.1, 0.15) is 23.7 Å². The molecule has 0 fully saturated rings. The Morgan fingerprint density at radius 3 is 3.00 bits per heavy atom. The van der Waals surface area contributed by atoms with Gasteiger partial charge in [-0.1, -0.05) is 19.1 Å². The molecule has 2 aromatic rings. The average molecular weight is 352 g/mol. The largest absolute Gasteiger partial charge is 0.495 e. The molecule has 1 N–H and O–H groups in total. The number of methoxy groups -OCH3 is 1. The molecule has 1 aromatic heterocycles. The van der Waals surface area contributed by atoms with Gasteiger partial charge in [0.2, 0.25) is 5.88 Å². The van der Waals surface area contributed by atoms with Gasteiger partial charge in [0.25, 0.3) is 5.91 Å². The van der Waals surface area contributed by atoms with Crippen molar-refractivity contribution in [3.63, 3.8) is 0 Å². The Morgan fingerprint density at radius 1 is 1.42 bits per heavy atom. The summed E-state index contributed by atoms with van der Waals surface area (Å²) in [5.41, 5.74) is 1.72. The third-order valence-corrected chi connectivity index (χ3v) is 4.64. The van der Waals surface area contributed by atoms with Crippen LogP contribution in [0.3, 0.4) is 0 Å². The number of anilines is 1. The lowest BCUT2D eigenvalue weighted by Crippen LogP contribution is -2.31. The highest BCUT2D eigenvalue weighted by Gasteiger charge is 2.36. The van der Waals surface area contributed by atoms with Crippen LogP contribution in [0.1, 0.15) is 35.0 Å². The van der Waals surface area contributed by atoms with Crippen LogP contribution >= 0.6 is 0 Å². The summed E-state index contributed by atoms with van der Waals surface area (Å²) in [4.78, 5) is 24.1. The van der Waals surface area contributed by atoms with Crippen LogP contribution in [0.15, 0.2) is 38.7 Å². The monoisotopic (exact) mass is 352 g/mol. The van der Waals surface area contributed by atoms with E-state index in [1.807, 2.05) is 17.0 Å². The molecule has 1 aromatic carbocycles. The fourth-order valence-corrected chi connectivity index (χ4v) is 3.29. The van der Waals surface area contributed by atoms with Crippen molar-refractivity contribution in [2.75, 3.05) is 19.0 Å². The second-order valence-corrected chi connectivity index (χ2v) is 6.28. The Bertz CT molecular complexity index is 929. The summed E-state index contributed by atoms with van der Waals surface area (Å²) < 4.78 is 11.0. The number of carbonyl (C=O) groups is 1. The smallest absolute Gasteiger partial charge is 0.260 e. The van der Waals surface area contributed by atoms with Crippen molar-refractivity contribution < 1.29 is 13.9 Å². The number of furan rings is 1. The number of nitrogens with zero attached hydrogens (tertiary/aromatic N) is 3. The van der Waals surface area contributed by atoms with E-state index in [0.717, 1.165) is 18.8 Å². The Hall–Kier alpha value is -3.09. The zero-order valence-corrected chi connectivity index (χ0v) is 14.9. The van der Waals surface area contributed by atoms with Gasteiger partial charge >= 0.3 is 0 Å². The zero-order valence-electron chi connectivity index (χ0n) is 14.9. The van der Waals surface area contributed by atoms with E-state index in [1.165, 1.54) is 0 Å². The molecule has 2 aliphatic heterocycles. The summed E-state index contributed by atoms with van der Waals surface area (Å²) in [5, 5.41) is 2.91. The van der Waals surface area contributed by atoms with Crippen LogP contribution in [-0.4, -0.2) is 42.7 Å². The van der Waals surface area contributed by atoms with Gasteiger partial charge in [0, 0.05) is 6.54 Å². The van der Waals surface area contributed by atoms with Crippen LogP contribution in [0.25, 0.3) is 0 Å². The van der Waals surface area contributed by atoms with Crippen molar-refractivity contribution in [3.8, 4) is 5.75 Å². The van der Waals surface area contributed by atoms with Gasteiger partial charge in [-0.3, -0.25) is 9.79 Å². The first-order chi connectivity index (χ1) is 12.6. The van der Waals surface area contributed by atoms with Crippen molar-refractivity contribution in [3.05, 3.63) is 41.2 Å². The van der Waals surface area contributed by atoms with Crippen LogP contribution in [0.2, 0.25) is 0 Å². The number of amides is 1. The Kier molecular flexibility index (Phi) is 3.99. The SMILES string of the molecule is CC[C@H]1CN2C=Nc3oc(C)c(C(=O)Nc4ccccc4OC)c3C2=N1. The van der Waals surface area contributed by atoms with Gasteiger partial charge in [-0.05, 0) is 25.5 Å². The Balaban J connectivity index is 1.74. The quantitative estimate of drug-likeness (QED) is 0.915. The average Bonchev–Trinajstić information content (AvgIpc) is 3.21. The van der Waals surface area contributed by atoms with E-state index in [9.17, 15) is 4.79 Å². The van der Waals surface area contributed by atoms with Gasteiger partial charge in [-0.2, -0.15) is 0 Å². The lowest BCUT2D eigenvalue weighted by molar-refractivity contribution is 0.102. The molecule has 7 heteroatoms. The molecule has 0 saturated carbocycles. The van der Waals surface area contributed by atoms with Crippen LogP contribution in [-0.2, 0) is 0 Å². The lowest BCUT2D eigenvalue weighted by Gasteiger charge is -2.18. The van der Waals surface area contributed by atoms with Crippen molar-refractivity contribution in [1.29, 1.82) is 0 Å². The molecule has 26 heavy (non-hydrogen) atoms. The first kappa shape index (κ1) is 16.4. The third kappa shape index (κ3) is 2.56. The molecule has 0 saturated heterocycles. The van der Waals surface area contributed by atoms with Crippen LogP contribution in [0, 0.1) is 6.92 Å². The maximum atomic E-state index is 13.0. The highest BCUT2D eigenvalue weighted by Crippen LogP contribution is 2.36. The van der Waals surface area contributed by atoms with Crippen LogP contribution in [0.5, 0.6) is 5.75 Å². The van der Waals surface area contributed by atoms with Crippen molar-refractivity contribution in [1.82, 2.24) is 4.90 Å². The normalized spacial score (nSPS) is 17.6. The van der Waals surface area contributed by atoms with E-state index in [4.69, 9.17) is 14.1 Å². The molecule has 1 atom stereocenters. The number of ether oxygens (including phenoxy) is 1. The summed E-state index contributed by atoms with van der Waals surface area (Å²) in [6.45, 7) is 4.63. The minimum absolute atomic E-state index is 0.197. The Labute approximate surface area is 151 Å². The summed E-state index contributed by atoms with van der Waals surface area (Å²) in [6, 6.07) is 7.48. The predicted molar refractivity (Wildman–Crippen MR) is 99.9 cm³/mol. The zero-order chi connectivity index (χ0) is 18.3. The molecule has 2 aliphatic rings. The van der Waals surface area contributed by atoms with Crippen LogP contribution in [0.4, 0.5) is 11.6 Å². The van der Waals surface area contributed by atoms with Crippen molar-refractivity contribution in [2.45, 2.75) is 26.3 Å². The molecule has 4 rings (SSSR count). The number of para-hydroxylation sites is 2. The van der Waals surface area contributed by atoms with E-state index in [-0.39, 0.29) is 11.9 Å². The maximum Gasteiger partial charge on any atom is 0.260 e. The highest BCUT2D eigenvalue weighted by molar-refractivity contribution is 6.20. The van der Waals surface area contributed by atoms with Crippen LogP contribution < -0.4 is 10.1 Å². The summed E-state index contributed by atoms with van der Waals surface area (Å²) >= 11 is 0. The number of fused-ring (bicyclic) bond motifs is 3. The second-order valence-electron chi connectivity index (χ2n) is 6.28. The van der Waals surface area contributed by atoms with E-state index in [1.54, 1.807) is 32.5 Å². The fourth-order valence-electron chi connectivity index (χ4n) is 3.29. The minimum atomic E-state index is -0.267. The number of amidine groups is 1. The van der Waals surface area contributed by atoms with Gasteiger partial charge < -0.3 is 19.4 Å². The predicted octanol–water partition coefficient (Wildman–Crippen LogP) is 3.36. The molecular weight excluding hydrogens is 332 g/mol. The number of rotatable bonds is 4. The highest BCUT2D eigenvalue weighted by atomic mass is 16.5. The standard InChI is InChI=1S/C19H20N4O3/c1-4-12-9-23-10-20-19-16(17(23)21-12)15(11(2)26-19)18(24)22-13-7-5-6-8-14(13)25-3/h5-8,10,12H,4,9H2,1-3H3,(H,22,24)/t12-/m0/s1. The molecule has 7 nitrogen and oxygen atoms in total. The summed E-state index contributed by atoms with van der Waals surface area (Å²) in [7, 11) is 1.57. The summed E-state index contributed by atoms with van der Waals surface area (Å²) in [6.07, 6.45) is 2.66. The van der Waals surface area contributed by atoms with E-state index >= 15 is 0 Å². The fraction of sp³-hybridized carbons (Fsp3) is 0.316. The molecule has 3 heterocycles. The van der Waals surface area contributed by atoms with Crippen molar-refractivity contribution in [2.24, 2.45) is 9.98 Å². The van der Waals surface area contributed by atoms with Gasteiger partial charge in [0.15, 0.2) is 0 Å². The molecule has 134 valence electrons. The topological polar surface area (TPSA) is 79.4 Å².